The van der Waals surface area contributed by atoms with Gasteiger partial charge in [-0.1, -0.05) is 25.0 Å². The van der Waals surface area contributed by atoms with Crippen molar-refractivity contribution in [3.8, 4) is 0 Å². The van der Waals surface area contributed by atoms with Crippen molar-refractivity contribution in [2.45, 2.75) is 38.5 Å². The highest BCUT2D eigenvalue weighted by atomic mass is 14.8. The minimum Gasteiger partial charge on any atom is -0.320 e. The highest BCUT2D eigenvalue weighted by Gasteiger charge is 2.05. The maximum absolute atomic E-state index is 3.22. The van der Waals surface area contributed by atoms with Crippen molar-refractivity contribution in [1.29, 1.82) is 0 Å². The summed E-state index contributed by atoms with van der Waals surface area (Å²) in [4.78, 5) is 0. The van der Waals surface area contributed by atoms with Gasteiger partial charge in [0, 0.05) is 0 Å². The Hall–Kier alpha value is -0.300. The van der Waals surface area contributed by atoms with Gasteiger partial charge < -0.3 is 5.32 Å². The highest BCUT2D eigenvalue weighted by molar-refractivity contribution is 4.90. The molecule has 0 fully saturated rings. The molecule has 1 nitrogen and oxygen atoms in total. The average molecular weight is 167 g/mol. The third kappa shape index (κ3) is 3.91. The molecule has 0 heterocycles. The van der Waals surface area contributed by atoms with Gasteiger partial charge in [0.25, 0.3) is 0 Å². The molecule has 12 heavy (non-hydrogen) atoms. The van der Waals surface area contributed by atoms with Crippen LogP contribution in [0.4, 0.5) is 0 Å². The minimum absolute atomic E-state index is 0.845. The summed E-state index contributed by atoms with van der Waals surface area (Å²) in [6, 6.07) is 0. The molecule has 0 spiro atoms. The van der Waals surface area contributed by atoms with Gasteiger partial charge >= 0.3 is 0 Å². The van der Waals surface area contributed by atoms with Crippen LogP contribution in [0.15, 0.2) is 12.2 Å². The lowest BCUT2D eigenvalue weighted by atomic mass is 9.94. The van der Waals surface area contributed by atoms with Gasteiger partial charge in [-0.2, -0.15) is 0 Å². The molecule has 1 atom stereocenters. The lowest BCUT2D eigenvalue weighted by molar-refractivity contribution is 0.484. The maximum Gasteiger partial charge on any atom is -0.00463 e. The van der Waals surface area contributed by atoms with Crippen LogP contribution in [0.25, 0.3) is 0 Å². The minimum atomic E-state index is 0.845. The monoisotopic (exact) mass is 167 g/mol. The van der Waals surface area contributed by atoms with Crippen molar-refractivity contribution in [3.05, 3.63) is 12.2 Å². The summed E-state index contributed by atoms with van der Waals surface area (Å²) >= 11 is 0. The fraction of sp³-hybridized carbons (Fsp3) is 0.818. The van der Waals surface area contributed by atoms with Crippen molar-refractivity contribution < 1.29 is 0 Å². The van der Waals surface area contributed by atoms with E-state index in [1.165, 1.54) is 38.5 Å². The van der Waals surface area contributed by atoms with Gasteiger partial charge in [-0.3, -0.25) is 0 Å². The predicted octanol–water partition coefficient (Wildman–Crippen LogP) is 2.73. The zero-order chi connectivity index (χ0) is 8.65. The molecule has 1 unspecified atom stereocenters. The molecule has 0 aromatic rings. The summed E-state index contributed by atoms with van der Waals surface area (Å²) in [7, 11) is 2.03. The second kappa shape index (κ2) is 6.24. The van der Waals surface area contributed by atoms with E-state index in [4.69, 9.17) is 0 Å². The lowest BCUT2D eigenvalue weighted by Gasteiger charge is -2.14. The number of hydrogen-bond donors (Lipinski definition) is 1. The van der Waals surface area contributed by atoms with Crippen molar-refractivity contribution in [3.63, 3.8) is 0 Å². The summed E-state index contributed by atoms with van der Waals surface area (Å²) in [6.07, 6.45) is 13.1. The van der Waals surface area contributed by atoms with E-state index in [0.29, 0.717) is 0 Å². The van der Waals surface area contributed by atoms with Crippen molar-refractivity contribution in [2.24, 2.45) is 5.92 Å². The fourth-order valence-corrected chi connectivity index (χ4v) is 1.80. The summed E-state index contributed by atoms with van der Waals surface area (Å²) in [5, 5.41) is 3.22. The predicted molar refractivity (Wildman–Crippen MR) is 54.3 cm³/mol. The molecule has 1 N–H and O–H groups in total. The normalized spacial score (nSPS) is 27.6. The van der Waals surface area contributed by atoms with E-state index < -0.39 is 0 Å². The molecule has 0 saturated carbocycles. The van der Waals surface area contributed by atoms with Crippen LogP contribution in [0.3, 0.4) is 0 Å². The van der Waals surface area contributed by atoms with E-state index in [1.807, 2.05) is 7.05 Å². The van der Waals surface area contributed by atoms with E-state index in [-0.39, 0.29) is 0 Å². The SMILES string of the molecule is CNCCC1/C=C\CCCCC1. The molecule has 0 bridgehead atoms. The molecule has 0 radical (unpaired) electrons. The van der Waals surface area contributed by atoms with Gasteiger partial charge in [0.2, 0.25) is 0 Å². The molecule has 1 aliphatic carbocycles. The van der Waals surface area contributed by atoms with Gasteiger partial charge in [0.1, 0.15) is 0 Å². The van der Waals surface area contributed by atoms with Crippen molar-refractivity contribution in [1.82, 2.24) is 5.32 Å². The fourth-order valence-electron chi connectivity index (χ4n) is 1.80. The zero-order valence-corrected chi connectivity index (χ0v) is 8.18. The first-order valence-electron chi connectivity index (χ1n) is 5.24. The topological polar surface area (TPSA) is 12.0 Å². The van der Waals surface area contributed by atoms with Crippen LogP contribution >= 0.6 is 0 Å². The summed E-state index contributed by atoms with van der Waals surface area (Å²) < 4.78 is 0. The van der Waals surface area contributed by atoms with Crippen LogP contribution in [0.2, 0.25) is 0 Å². The molecule has 70 valence electrons. The van der Waals surface area contributed by atoms with Crippen LogP contribution < -0.4 is 5.32 Å². The Bertz CT molecular complexity index is 129. The molecule has 1 rings (SSSR count). The lowest BCUT2D eigenvalue weighted by Crippen LogP contribution is -2.12. The summed E-state index contributed by atoms with van der Waals surface area (Å²) in [6.45, 7) is 1.16. The van der Waals surface area contributed by atoms with Crippen LogP contribution in [0.1, 0.15) is 38.5 Å². The third-order valence-electron chi connectivity index (χ3n) is 2.62. The number of nitrogens with one attached hydrogen (secondary N) is 1. The van der Waals surface area contributed by atoms with E-state index in [2.05, 4.69) is 17.5 Å². The zero-order valence-electron chi connectivity index (χ0n) is 8.18. The van der Waals surface area contributed by atoms with E-state index >= 15 is 0 Å². The first-order valence-corrected chi connectivity index (χ1v) is 5.24. The number of allylic oxidation sites excluding steroid dienone is 2. The van der Waals surface area contributed by atoms with E-state index in [1.54, 1.807) is 0 Å². The van der Waals surface area contributed by atoms with E-state index in [0.717, 1.165) is 12.5 Å². The molecule has 1 heteroatoms. The smallest absolute Gasteiger partial charge is 0.00463 e. The van der Waals surface area contributed by atoms with Gasteiger partial charge in [-0.05, 0) is 45.2 Å². The average Bonchev–Trinajstić information content (AvgIpc) is 2.02. The molecular formula is C11H21N. The molecule has 0 aliphatic heterocycles. The summed E-state index contributed by atoms with van der Waals surface area (Å²) in [5.41, 5.74) is 0. The molecular weight excluding hydrogens is 146 g/mol. The molecule has 0 aromatic carbocycles. The van der Waals surface area contributed by atoms with Gasteiger partial charge in [0.15, 0.2) is 0 Å². The Morgan fingerprint density at radius 3 is 3.08 bits per heavy atom. The maximum atomic E-state index is 3.22. The standard InChI is InChI=1S/C11H21N/c1-12-10-9-11-7-5-3-2-4-6-8-11/h5,7,11-12H,2-4,6,8-10H2,1H3/b7-5-. The Labute approximate surface area is 76.2 Å². The first-order chi connectivity index (χ1) is 5.93. The molecule has 0 amide bonds. The second-order valence-electron chi connectivity index (χ2n) is 3.72. The number of rotatable bonds is 3. The third-order valence-corrected chi connectivity index (χ3v) is 2.62. The van der Waals surface area contributed by atoms with Crippen LogP contribution in [-0.4, -0.2) is 13.6 Å². The quantitative estimate of drug-likeness (QED) is 0.637. The first kappa shape index (κ1) is 9.79. The van der Waals surface area contributed by atoms with Gasteiger partial charge in [-0.25, -0.2) is 0 Å². The largest absolute Gasteiger partial charge is 0.320 e. The Kier molecular flexibility index (Phi) is 5.09. The Morgan fingerprint density at radius 2 is 2.25 bits per heavy atom. The molecule has 0 saturated heterocycles. The second-order valence-corrected chi connectivity index (χ2v) is 3.72. The number of hydrogen-bond acceptors (Lipinski definition) is 1. The van der Waals surface area contributed by atoms with Crippen molar-refractivity contribution >= 4 is 0 Å². The van der Waals surface area contributed by atoms with Crippen LogP contribution in [-0.2, 0) is 0 Å². The molecule has 1 aliphatic rings. The van der Waals surface area contributed by atoms with Gasteiger partial charge in [-0.15, -0.1) is 0 Å². The van der Waals surface area contributed by atoms with Crippen molar-refractivity contribution in [2.75, 3.05) is 13.6 Å². The Balaban J connectivity index is 2.23. The van der Waals surface area contributed by atoms with Gasteiger partial charge in [0.05, 0.1) is 0 Å². The van der Waals surface area contributed by atoms with E-state index in [9.17, 15) is 0 Å². The Morgan fingerprint density at radius 1 is 1.33 bits per heavy atom. The van der Waals surface area contributed by atoms with Crippen LogP contribution in [0.5, 0.6) is 0 Å². The summed E-state index contributed by atoms with van der Waals surface area (Å²) in [5.74, 6) is 0.845. The molecule has 0 aromatic heterocycles. The highest BCUT2D eigenvalue weighted by Crippen LogP contribution is 2.18. The van der Waals surface area contributed by atoms with Crippen LogP contribution in [0, 0.1) is 5.92 Å².